The lowest BCUT2D eigenvalue weighted by Crippen LogP contribution is -2.49. The summed E-state index contributed by atoms with van der Waals surface area (Å²) in [5.74, 6) is 1.48. The van der Waals surface area contributed by atoms with Gasteiger partial charge in [-0.05, 0) is 12.1 Å². The zero-order chi connectivity index (χ0) is 16.8. The van der Waals surface area contributed by atoms with Gasteiger partial charge in [-0.1, -0.05) is 12.1 Å². The highest BCUT2D eigenvalue weighted by Crippen LogP contribution is 2.26. The molecule has 6 nitrogen and oxygen atoms in total. The van der Waals surface area contributed by atoms with E-state index in [1.54, 1.807) is 18.4 Å². The topological polar surface area (TPSA) is 54.9 Å². The Morgan fingerprint density at radius 2 is 1.96 bits per heavy atom. The highest BCUT2D eigenvalue weighted by atomic mass is 32.1. The number of methoxy groups -OCH3 is 1. The second-order valence-electron chi connectivity index (χ2n) is 5.43. The first kappa shape index (κ1) is 16.6. The molecule has 1 aliphatic heterocycles. The number of ether oxygens (including phenoxy) is 2. The highest BCUT2D eigenvalue weighted by Gasteiger charge is 2.22. The van der Waals surface area contributed by atoms with Crippen molar-refractivity contribution < 1.29 is 14.3 Å². The van der Waals surface area contributed by atoms with Crippen LogP contribution in [-0.4, -0.2) is 55.7 Å². The van der Waals surface area contributed by atoms with E-state index in [0.717, 1.165) is 31.3 Å². The smallest absolute Gasteiger partial charge is 0.226 e. The van der Waals surface area contributed by atoms with Crippen LogP contribution in [0.3, 0.4) is 0 Å². The number of hydrogen-bond acceptors (Lipinski definition) is 6. The van der Waals surface area contributed by atoms with Gasteiger partial charge in [0.05, 0.1) is 20.1 Å². The van der Waals surface area contributed by atoms with Crippen molar-refractivity contribution in [3.63, 3.8) is 0 Å². The Morgan fingerprint density at radius 1 is 1.21 bits per heavy atom. The second-order valence-corrected chi connectivity index (χ2v) is 6.30. The number of hydrogen-bond donors (Lipinski definition) is 0. The molecule has 24 heavy (non-hydrogen) atoms. The molecule has 1 aromatic carbocycles. The van der Waals surface area contributed by atoms with Gasteiger partial charge in [-0.2, -0.15) is 0 Å². The number of anilines is 1. The van der Waals surface area contributed by atoms with Gasteiger partial charge >= 0.3 is 0 Å². The maximum absolute atomic E-state index is 12.3. The van der Waals surface area contributed by atoms with Crippen LogP contribution in [0.4, 0.5) is 5.13 Å². The number of para-hydroxylation sites is 2. The molecule has 0 aliphatic carbocycles. The fourth-order valence-corrected chi connectivity index (χ4v) is 3.36. The lowest BCUT2D eigenvalue weighted by molar-refractivity contribution is -0.132. The van der Waals surface area contributed by atoms with Crippen LogP contribution in [0.15, 0.2) is 35.8 Å². The standard InChI is InChI=1S/C17H21N3O3S/c1-22-14-4-2-3-5-15(14)23-12-6-16(21)19-8-10-20(11-9-19)17-18-7-13-24-17/h2-5,7,13H,6,8-12H2,1H3. The largest absolute Gasteiger partial charge is 0.493 e. The Morgan fingerprint density at radius 3 is 2.62 bits per heavy atom. The summed E-state index contributed by atoms with van der Waals surface area (Å²) in [5, 5.41) is 3.00. The van der Waals surface area contributed by atoms with Gasteiger partial charge in [0.1, 0.15) is 0 Å². The van der Waals surface area contributed by atoms with Crippen molar-refractivity contribution >= 4 is 22.4 Å². The first-order valence-corrected chi connectivity index (χ1v) is 8.84. The molecule has 2 aromatic rings. The Labute approximate surface area is 145 Å². The average Bonchev–Trinajstić information content (AvgIpc) is 3.17. The Kier molecular flexibility index (Phi) is 5.53. The third kappa shape index (κ3) is 3.97. The zero-order valence-electron chi connectivity index (χ0n) is 13.7. The lowest BCUT2D eigenvalue weighted by Gasteiger charge is -2.34. The molecular formula is C17H21N3O3S. The molecule has 1 fully saturated rings. The van der Waals surface area contributed by atoms with Gasteiger partial charge in [0.2, 0.25) is 5.91 Å². The van der Waals surface area contributed by atoms with E-state index >= 15 is 0 Å². The number of amides is 1. The molecule has 7 heteroatoms. The SMILES string of the molecule is COc1ccccc1OCCC(=O)N1CCN(c2nccs2)CC1. The third-order valence-electron chi connectivity index (χ3n) is 3.96. The van der Waals surface area contributed by atoms with Crippen molar-refractivity contribution in [2.45, 2.75) is 6.42 Å². The lowest BCUT2D eigenvalue weighted by atomic mass is 10.3. The maximum atomic E-state index is 12.3. The molecular weight excluding hydrogens is 326 g/mol. The van der Waals surface area contributed by atoms with Crippen molar-refractivity contribution in [3.8, 4) is 11.5 Å². The Balaban J connectivity index is 1.43. The van der Waals surface area contributed by atoms with Crippen molar-refractivity contribution in [3.05, 3.63) is 35.8 Å². The summed E-state index contributed by atoms with van der Waals surface area (Å²) in [6.07, 6.45) is 2.18. The third-order valence-corrected chi connectivity index (χ3v) is 4.80. The molecule has 0 radical (unpaired) electrons. The van der Waals surface area contributed by atoms with Crippen LogP contribution in [0.5, 0.6) is 11.5 Å². The number of carbonyl (C=O) groups is 1. The first-order valence-electron chi connectivity index (χ1n) is 7.96. The molecule has 2 heterocycles. The summed E-state index contributed by atoms with van der Waals surface area (Å²) >= 11 is 1.63. The minimum atomic E-state index is 0.128. The molecule has 1 aliphatic rings. The van der Waals surface area contributed by atoms with Crippen LogP contribution in [0.2, 0.25) is 0 Å². The number of rotatable bonds is 6. The van der Waals surface area contributed by atoms with Gasteiger partial charge in [0, 0.05) is 37.8 Å². The van der Waals surface area contributed by atoms with Crippen LogP contribution >= 0.6 is 11.3 Å². The number of nitrogens with zero attached hydrogens (tertiary/aromatic N) is 3. The fraction of sp³-hybridized carbons (Fsp3) is 0.412. The van der Waals surface area contributed by atoms with Crippen LogP contribution < -0.4 is 14.4 Å². The minimum Gasteiger partial charge on any atom is -0.493 e. The summed E-state index contributed by atoms with van der Waals surface area (Å²) in [5.41, 5.74) is 0. The van der Waals surface area contributed by atoms with E-state index in [9.17, 15) is 4.79 Å². The van der Waals surface area contributed by atoms with E-state index in [2.05, 4.69) is 9.88 Å². The molecule has 128 valence electrons. The van der Waals surface area contributed by atoms with E-state index in [1.165, 1.54) is 0 Å². The van der Waals surface area contributed by atoms with Crippen molar-refractivity contribution in [2.75, 3.05) is 44.8 Å². The average molecular weight is 347 g/mol. The molecule has 0 spiro atoms. The highest BCUT2D eigenvalue weighted by molar-refractivity contribution is 7.13. The predicted octanol–water partition coefficient (Wildman–Crippen LogP) is 2.27. The van der Waals surface area contributed by atoms with Crippen molar-refractivity contribution in [2.24, 2.45) is 0 Å². The normalized spacial score (nSPS) is 14.5. The van der Waals surface area contributed by atoms with Gasteiger partial charge in [-0.3, -0.25) is 4.79 Å². The molecule has 1 amide bonds. The van der Waals surface area contributed by atoms with Gasteiger partial charge in [-0.15, -0.1) is 11.3 Å². The molecule has 0 unspecified atom stereocenters. The predicted molar refractivity (Wildman–Crippen MR) is 94.0 cm³/mol. The maximum Gasteiger partial charge on any atom is 0.226 e. The summed E-state index contributed by atoms with van der Waals surface area (Å²) in [4.78, 5) is 20.8. The van der Waals surface area contributed by atoms with Gasteiger partial charge < -0.3 is 19.3 Å². The molecule has 0 N–H and O–H groups in total. The van der Waals surface area contributed by atoms with Gasteiger partial charge in [0.25, 0.3) is 0 Å². The number of piperazine rings is 1. The summed E-state index contributed by atoms with van der Waals surface area (Å²) < 4.78 is 10.9. The minimum absolute atomic E-state index is 0.128. The fourth-order valence-electron chi connectivity index (χ4n) is 2.66. The van der Waals surface area contributed by atoms with Crippen LogP contribution in [-0.2, 0) is 4.79 Å². The van der Waals surface area contributed by atoms with Crippen molar-refractivity contribution in [1.82, 2.24) is 9.88 Å². The number of aromatic nitrogens is 1. The second kappa shape index (κ2) is 8.01. The first-order chi connectivity index (χ1) is 11.8. The Bertz CT molecular complexity index is 655. The van der Waals surface area contributed by atoms with E-state index in [0.29, 0.717) is 24.5 Å². The number of carbonyl (C=O) groups excluding carboxylic acids is 1. The molecule has 3 rings (SSSR count). The zero-order valence-corrected chi connectivity index (χ0v) is 14.5. The Hall–Kier alpha value is -2.28. The van der Waals surface area contributed by atoms with Crippen LogP contribution in [0.1, 0.15) is 6.42 Å². The van der Waals surface area contributed by atoms with E-state index in [4.69, 9.17) is 9.47 Å². The molecule has 0 bridgehead atoms. The van der Waals surface area contributed by atoms with Gasteiger partial charge in [-0.25, -0.2) is 4.98 Å². The van der Waals surface area contributed by atoms with E-state index in [1.807, 2.05) is 40.7 Å². The molecule has 0 atom stereocenters. The van der Waals surface area contributed by atoms with E-state index < -0.39 is 0 Å². The molecule has 0 saturated carbocycles. The summed E-state index contributed by atoms with van der Waals surface area (Å²) in [6.45, 7) is 3.46. The van der Waals surface area contributed by atoms with Crippen LogP contribution in [0, 0.1) is 0 Å². The summed E-state index contributed by atoms with van der Waals surface area (Å²) in [6, 6.07) is 7.46. The monoisotopic (exact) mass is 347 g/mol. The van der Waals surface area contributed by atoms with E-state index in [-0.39, 0.29) is 5.91 Å². The number of thiazole rings is 1. The molecule has 1 aromatic heterocycles. The quantitative estimate of drug-likeness (QED) is 0.802. The molecule has 1 saturated heterocycles. The van der Waals surface area contributed by atoms with Crippen LogP contribution in [0.25, 0.3) is 0 Å². The number of benzene rings is 1. The van der Waals surface area contributed by atoms with Gasteiger partial charge in [0.15, 0.2) is 16.6 Å². The summed E-state index contributed by atoms with van der Waals surface area (Å²) in [7, 11) is 1.61. The van der Waals surface area contributed by atoms with Crippen molar-refractivity contribution in [1.29, 1.82) is 0 Å².